The highest BCUT2D eigenvalue weighted by Crippen LogP contribution is 2.34. The Kier molecular flexibility index (Phi) is 5.64. The van der Waals surface area contributed by atoms with E-state index in [2.05, 4.69) is 77.5 Å². The molecule has 0 aliphatic rings. The monoisotopic (exact) mass is 305 g/mol. The lowest BCUT2D eigenvalue weighted by Gasteiger charge is -2.25. The SMILES string of the molecule is CN(c1ccccc1NCP)c1ccccc1NCP. The van der Waals surface area contributed by atoms with Crippen LogP contribution in [-0.2, 0) is 0 Å². The van der Waals surface area contributed by atoms with Crippen molar-refractivity contribution in [2.24, 2.45) is 0 Å². The summed E-state index contributed by atoms with van der Waals surface area (Å²) in [5.41, 5.74) is 4.58. The Morgan fingerprint density at radius 1 is 0.800 bits per heavy atom. The molecule has 0 fully saturated rings. The van der Waals surface area contributed by atoms with E-state index in [1.165, 1.54) is 0 Å². The van der Waals surface area contributed by atoms with E-state index >= 15 is 0 Å². The molecule has 20 heavy (non-hydrogen) atoms. The molecule has 2 atom stereocenters. The van der Waals surface area contributed by atoms with E-state index in [1.54, 1.807) is 0 Å². The zero-order chi connectivity index (χ0) is 14.4. The molecule has 2 unspecified atom stereocenters. The van der Waals surface area contributed by atoms with Gasteiger partial charge in [0.15, 0.2) is 0 Å². The van der Waals surface area contributed by atoms with Crippen LogP contribution in [0.2, 0.25) is 0 Å². The van der Waals surface area contributed by atoms with Crippen LogP contribution in [-0.4, -0.2) is 19.6 Å². The summed E-state index contributed by atoms with van der Waals surface area (Å²) in [6.45, 7) is 0. The Hall–Kier alpha value is -1.30. The summed E-state index contributed by atoms with van der Waals surface area (Å²) in [6.07, 6.45) is 1.66. The summed E-state index contributed by atoms with van der Waals surface area (Å²) in [6, 6.07) is 16.7. The predicted octanol–water partition coefficient (Wildman–Crippen LogP) is 3.94. The molecule has 0 aliphatic carbocycles. The van der Waals surface area contributed by atoms with Crippen LogP contribution in [0.25, 0.3) is 0 Å². The summed E-state index contributed by atoms with van der Waals surface area (Å²) >= 11 is 0. The second-order valence-electron chi connectivity index (χ2n) is 4.36. The van der Waals surface area contributed by atoms with Gasteiger partial charge in [0.05, 0.1) is 22.7 Å². The largest absolute Gasteiger partial charge is 0.380 e. The van der Waals surface area contributed by atoms with E-state index < -0.39 is 0 Å². The van der Waals surface area contributed by atoms with Gasteiger partial charge in [-0.3, -0.25) is 0 Å². The molecule has 0 heterocycles. The Bertz CT molecular complexity index is 511. The number of benzene rings is 2. The van der Waals surface area contributed by atoms with Crippen molar-refractivity contribution in [2.75, 3.05) is 35.2 Å². The first kappa shape index (κ1) is 15.1. The summed E-state index contributed by atoms with van der Waals surface area (Å²) in [5, 5.41) is 6.75. The fourth-order valence-electron chi connectivity index (χ4n) is 2.18. The lowest BCUT2D eigenvalue weighted by molar-refractivity contribution is 1.20. The molecule has 2 aromatic carbocycles. The van der Waals surface area contributed by atoms with E-state index in [9.17, 15) is 0 Å². The molecule has 0 saturated heterocycles. The Balaban J connectivity index is 2.38. The third kappa shape index (κ3) is 3.42. The smallest absolute Gasteiger partial charge is 0.0644 e. The highest BCUT2D eigenvalue weighted by atomic mass is 31.0. The van der Waals surface area contributed by atoms with E-state index in [0.717, 1.165) is 35.3 Å². The van der Waals surface area contributed by atoms with Gasteiger partial charge in [-0.2, -0.15) is 0 Å². The predicted molar refractivity (Wildman–Crippen MR) is 97.3 cm³/mol. The minimum absolute atomic E-state index is 0.830. The molecule has 2 rings (SSSR count). The van der Waals surface area contributed by atoms with E-state index in [-0.39, 0.29) is 0 Å². The standard InChI is InChI=1S/C15H21N3P2/c1-18(14-8-4-2-6-12(14)16-10-19)15-9-5-3-7-13(15)17-11-20/h2-9,16-17H,10-11,19-20H2,1H3. The number of hydrogen-bond donors (Lipinski definition) is 2. The van der Waals surface area contributed by atoms with Crippen LogP contribution in [0.3, 0.4) is 0 Å². The highest BCUT2D eigenvalue weighted by Gasteiger charge is 2.11. The van der Waals surface area contributed by atoms with Gasteiger partial charge in [-0.25, -0.2) is 0 Å². The number of para-hydroxylation sites is 4. The third-order valence-electron chi connectivity index (χ3n) is 3.12. The maximum absolute atomic E-state index is 3.38. The summed E-state index contributed by atoms with van der Waals surface area (Å²) < 4.78 is 0. The van der Waals surface area contributed by atoms with E-state index in [1.807, 2.05) is 12.1 Å². The number of anilines is 4. The average molecular weight is 305 g/mol. The fourth-order valence-corrected chi connectivity index (χ4v) is 2.62. The average Bonchev–Trinajstić information content (AvgIpc) is 2.48. The second-order valence-corrected chi connectivity index (χ2v) is 5.17. The Labute approximate surface area is 125 Å². The van der Waals surface area contributed by atoms with Crippen molar-refractivity contribution in [1.29, 1.82) is 0 Å². The topological polar surface area (TPSA) is 27.3 Å². The Morgan fingerprint density at radius 3 is 1.60 bits per heavy atom. The molecule has 0 spiro atoms. The maximum Gasteiger partial charge on any atom is 0.0644 e. The van der Waals surface area contributed by atoms with Crippen molar-refractivity contribution in [1.82, 2.24) is 0 Å². The first-order chi connectivity index (χ1) is 9.77. The molecule has 0 saturated carbocycles. The molecule has 106 valence electrons. The van der Waals surface area contributed by atoms with Gasteiger partial charge in [-0.1, -0.05) is 24.3 Å². The number of nitrogens with zero attached hydrogens (tertiary/aromatic N) is 1. The summed E-state index contributed by atoms with van der Waals surface area (Å²) in [7, 11) is 7.48. The van der Waals surface area contributed by atoms with E-state index in [4.69, 9.17) is 0 Å². The molecule has 2 N–H and O–H groups in total. The van der Waals surface area contributed by atoms with Gasteiger partial charge in [0.25, 0.3) is 0 Å². The molecular formula is C15H21N3P2. The van der Waals surface area contributed by atoms with Gasteiger partial charge in [0.2, 0.25) is 0 Å². The normalized spacial score (nSPS) is 10.2. The van der Waals surface area contributed by atoms with Crippen LogP contribution in [0.15, 0.2) is 48.5 Å². The molecule has 0 bridgehead atoms. The third-order valence-corrected chi connectivity index (χ3v) is 3.52. The van der Waals surface area contributed by atoms with Gasteiger partial charge in [0.1, 0.15) is 0 Å². The van der Waals surface area contributed by atoms with Crippen LogP contribution in [0.1, 0.15) is 0 Å². The molecule has 3 nitrogen and oxygen atoms in total. The summed E-state index contributed by atoms with van der Waals surface area (Å²) in [4.78, 5) is 2.20. The first-order valence-corrected chi connectivity index (χ1v) is 8.21. The van der Waals surface area contributed by atoms with Crippen LogP contribution in [0.4, 0.5) is 22.7 Å². The summed E-state index contributed by atoms with van der Waals surface area (Å²) in [5.74, 6) is 0. The molecule has 0 amide bonds. The first-order valence-electron chi connectivity index (χ1n) is 6.57. The Morgan fingerprint density at radius 2 is 1.20 bits per heavy atom. The zero-order valence-corrected chi connectivity index (χ0v) is 13.9. The van der Waals surface area contributed by atoms with Crippen molar-refractivity contribution < 1.29 is 0 Å². The number of hydrogen-bond acceptors (Lipinski definition) is 3. The van der Waals surface area contributed by atoms with E-state index in [0.29, 0.717) is 0 Å². The van der Waals surface area contributed by atoms with Gasteiger partial charge in [-0.15, -0.1) is 18.5 Å². The van der Waals surface area contributed by atoms with Crippen molar-refractivity contribution in [3.8, 4) is 0 Å². The number of rotatable bonds is 6. The van der Waals surface area contributed by atoms with Crippen LogP contribution < -0.4 is 15.5 Å². The minimum atomic E-state index is 0.830. The molecule has 2 aromatic rings. The lowest BCUT2D eigenvalue weighted by atomic mass is 10.2. The molecule has 0 aromatic heterocycles. The highest BCUT2D eigenvalue weighted by molar-refractivity contribution is 7.16. The van der Waals surface area contributed by atoms with Crippen molar-refractivity contribution >= 4 is 41.2 Å². The maximum atomic E-state index is 3.38. The van der Waals surface area contributed by atoms with Crippen molar-refractivity contribution in [3.05, 3.63) is 48.5 Å². The van der Waals surface area contributed by atoms with Crippen LogP contribution in [0.5, 0.6) is 0 Å². The van der Waals surface area contributed by atoms with Gasteiger partial charge >= 0.3 is 0 Å². The molecule has 5 heteroatoms. The van der Waals surface area contributed by atoms with Crippen molar-refractivity contribution in [2.45, 2.75) is 0 Å². The molecular weight excluding hydrogens is 284 g/mol. The molecule has 0 radical (unpaired) electrons. The zero-order valence-electron chi connectivity index (χ0n) is 11.6. The van der Waals surface area contributed by atoms with Crippen LogP contribution in [0, 0.1) is 0 Å². The van der Waals surface area contributed by atoms with Crippen LogP contribution >= 0.6 is 18.5 Å². The molecule has 0 aliphatic heterocycles. The van der Waals surface area contributed by atoms with Gasteiger partial charge in [0, 0.05) is 19.6 Å². The quantitative estimate of drug-likeness (QED) is 0.792. The van der Waals surface area contributed by atoms with Gasteiger partial charge in [-0.05, 0) is 24.3 Å². The van der Waals surface area contributed by atoms with Crippen molar-refractivity contribution in [3.63, 3.8) is 0 Å². The van der Waals surface area contributed by atoms with Gasteiger partial charge < -0.3 is 15.5 Å². The lowest BCUT2D eigenvalue weighted by Crippen LogP contribution is -2.14. The second kappa shape index (κ2) is 7.47. The minimum Gasteiger partial charge on any atom is -0.380 e. The fraction of sp³-hybridized carbons (Fsp3) is 0.200. The number of nitrogens with one attached hydrogen (secondary N) is 2.